The normalized spacial score (nSPS) is 27.6. The lowest BCUT2D eigenvalue weighted by atomic mass is 9.64. The Morgan fingerprint density at radius 3 is 2.37 bits per heavy atom. The van der Waals surface area contributed by atoms with Crippen LogP contribution in [0.1, 0.15) is 58.8 Å². The quantitative estimate of drug-likeness (QED) is 0.174. The zero-order valence-corrected chi connectivity index (χ0v) is 29.5. The lowest BCUT2D eigenvalue weighted by Crippen LogP contribution is -2.57. The number of aliphatic hydroxyl groups excluding tert-OH is 1. The van der Waals surface area contributed by atoms with E-state index in [2.05, 4.69) is 18.1 Å². The first kappa shape index (κ1) is 37.0. The molecule has 0 aromatic heterocycles. The number of benzene rings is 1. The van der Waals surface area contributed by atoms with Crippen LogP contribution in [0.2, 0.25) is 0 Å². The van der Waals surface area contributed by atoms with E-state index in [0.717, 1.165) is 25.9 Å². The molecule has 2 bridgehead atoms. The third kappa shape index (κ3) is 7.31. The molecule has 1 N–H and O–H groups in total. The number of rotatable bonds is 19. The van der Waals surface area contributed by atoms with Crippen molar-refractivity contribution < 1.29 is 33.7 Å². The maximum Gasteiger partial charge on any atom is 0.248 e. The van der Waals surface area contributed by atoms with Crippen molar-refractivity contribution in [2.75, 3.05) is 77.1 Å². The summed E-state index contributed by atoms with van der Waals surface area (Å²) in [6.07, 6.45) is 8.16. The molecule has 1 aromatic rings. The first-order valence-corrected chi connectivity index (χ1v) is 18.3. The van der Waals surface area contributed by atoms with Gasteiger partial charge in [0, 0.05) is 58.1 Å². The molecule has 0 aliphatic carbocycles. The molecular formula is C38H56N4O7. The Hall–Kier alpha value is -3.25. The minimum atomic E-state index is -1.10. The Bertz CT molecular complexity index is 1320. The summed E-state index contributed by atoms with van der Waals surface area (Å²) in [4.78, 5) is 52.0. The van der Waals surface area contributed by atoms with E-state index in [9.17, 15) is 19.5 Å². The largest absolute Gasteiger partial charge is 0.494 e. The van der Waals surface area contributed by atoms with Crippen LogP contribution in [-0.2, 0) is 23.9 Å². The van der Waals surface area contributed by atoms with Gasteiger partial charge >= 0.3 is 0 Å². The van der Waals surface area contributed by atoms with Crippen LogP contribution in [0, 0.1) is 11.8 Å². The number of morpholine rings is 1. The first-order valence-electron chi connectivity index (χ1n) is 18.3. The zero-order valence-electron chi connectivity index (χ0n) is 29.5. The number of anilines is 1. The number of amides is 3. The Kier molecular flexibility index (Phi) is 12.6. The van der Waals surface area contributed by atoms with E-state index >= 15 is 0 Å². The molecule has 4 fully saturated rings. The average molecular weight is 681 g/mol. The molecule has 4 heterocycles. The smallest absolute Gasteiger partial charge is 0.248 e. The van der Waals surface area contributed by atoms with Gasteiger partial charge in [0.1, 0.15) is 17.4 Å². The second-order valence-electron chi connectivity index (χ2n) is 13.7. The number of aliphatic hydroxyl groups is 1. The fourth-order valence-corrected chi connectivity index (χ4v) is 8.58. The van der Waals surface area contributed by atoms with E-state index in [1.54, 1.807) is 22.0 Å². The second kappa shape index (κ2) is 16.6. The molecule has 11 heteroatoms. The Labute approximate surface area is 291 Å². The molecule has 1 spiro atoms. The Morgan fingerprint density at radius 2 is 1.71 bits per heavy atom. The van der Waals surface area contributed by atoms with Gasteiger partial charge in [-0.05, 0) is 63.3 Å². The highest BCUT2D eigenvalue weighted by atomic mass is 16.5. The highest BCUT2D eigenvalue weighted by Crippen LogP contribution is 2.64. The summed E-state index contributed by atoms with van der Waals surface area (Å²) >= 11 is 0. The van der Waals surface area contributed by atoms with Crippen LogP contribution < -0.4 is 9.64 Å². The van der Waals surface area contributed by atoms with Gasteiger partial charge < -0.3 is 34.0 Å². The van der Waals surface area contributed by atoms with Crippen molar-refractivity contribution in [1.29, 1.82) is 0 Å². The van der Waals surface area contributed by atoms with Gasteiger partial charge in [0.25, 0.3) is 0 Å². The molecule has 4 aliphatic heterocycles. The standard InChI is InChI=1S/C38H56N4O7/c1-5-19-40(23-22-39-24-27-47-28-25-39)36(46)33-38-18-17-37(7-3,49-38)31(32(38)35(45)42(33)21-11-9-10-12-26-43)34(44)41(20-6-2)29-13-15-30(16-14-29)48-8-4/h5-6,13-16,31-33,43H,1-2,7-12,17-28H2,3-4H3/t31-,32-,33?,37+,38?/m0/s1. The van der Waals surface area contributed by atoms with E-state index in [4.69, 9.17) is 14.2 Å². The van der Waals surface area contributed by atoms with Crippen LogP contribution in [0.15, 0.2) is 49.6 Å². The SMILES string of the molecule is C=CCN(CCN1CCOCC1)C(=O)C1N(CCCCCCO)C(=O)[C@@H]2[C@@H](C(=O)N(CC=C)c3ccc(OCC)cc3)[C@@]3(CC)CCC12O3. The lowest BCUT2D eigenvalue weighted by Gasteiger charge is -2.37. The molecule has 5 atom stereocenters. The monoisotopic (exact) mass is 680 g/mol. The predicted molar refractivity (Wildman–Crippen MR) is 188 cm³/mol. The summed E-state index contributed by atoms with van der Waals surface area (Å²) in [5.74, 6) is -1.32. The molecule has 270 valence electrons. The van der Waals surface area contributed by atoms with Crippen molar-refractivity contribution in [1.82, 2.24) is 14.7 Å². The van der Waals surface area contributed by atoms with Crippen LogP contribution in [0.3, 0.4) is 0 Å². The van der Waals surface area contributed by atoms with Gasteiger partial charge in [-0.2, -0.15) is 0 Å². The van der Waals surface area contributed by atoms with E-state index < -0.39 is 29.1 Å². The number of unbranched alkanes of at least 4 members (excludes halogenated alkanes) is 3. The summed E-state index contributed by atoms with van der Waals surface area (Å²) in [6, 6.07) is 6.57. The van der Waals surface area contributed by atoms with Gasteiger partial charge in [0.05, 0.1) is 37.3 Å². The molecule has 2 unspecified atom stereocenters. The topological polar surface area (TPSA) is 112 Å². The summed E-state index contributed by atoms with van der Waals surface area (Å²) in [5.41, 5.74) is -1.27. The molecule has 3 amide bonds. The molecule has 4 aliphatic rings. The Balaban J connectivity index is 1.49. The molecule has 0 saturated carbocycles. The number of hydrogen-bond donors (Lipinski definition) is 1. The van der Waals surface area contributed by atoms with Crippen molar-refractivity contribution in [2.45, 2.75) is 76.0 Å². The van der Waals surface area contributed by atoms with Gasteiger partial charge in [-0.15, -0.1) is 13.2 Å². The minimum absolute atomic E-state index is 0.126. The number of hydrogen-bond acceptors (Lipinski definition) is 8. The van der Waals surface area contributed by atoms with Crippen molar-refractivity contribution >= 4 is 23.4 Å². The number of likely N-dealkylation sites (tertiary alicyclic amines) is 1. The van der Waals surface area contributed by atoms with Gasteiger partial charge in [0.2, 0.25) is 17.7 Å². The predicted octanol–water partition coefficient (Wildman–Crippen LogP) is 3.66. The summed E-state index contributed by atoms with van der Waals surface area (Å²) in [6.45, 7) is 17.6. The molecular weight excluding hydrogens is 624 g/mol. The minimum Gasteiger partial charge on any atom is -0.494 e. The van der Waals surface area contributed by atoms with E-state index in [1.165, 1.54) is 0 Å². The number of fused-ring (bicyclic) bond motifs is 1. The third-order valence-corrected chi connectivity index (χ3v) is 11.0. The van der Waals surface area contributed by atoms with Crippen LogP contribution >= 0.6 is 0 Å². The van der Waals surface area contributed by atoms with Gasteiger partial charge in [-0.3, -0.25) is 19.3 Å². The number of carbonyl (C=O) groups excluding carboxylic acids is 3. The van der Waals surface area contributed by atoms with Crippen molar-refractivity contribution in [3.8, 4) is 5.75 Å². The van der Waals surface area contributed by atoms with Crippen LogP contribution in [0.25, 0.3) is 0 Å². The van der Waals surface area contributed by atoms with Crippen LogP contribution in [0.5, 0.6) is 5.75 Å². The maximum absolute atomic E-state index is 14.9. The summed E-state index contributed by atoms with van der Waals surface area (Å²) < 4.78 is 18.2. The maximum atomic E-state index is 14.9. The Morgan fingerprint density at radius 1 is 1.00 bits per heavy atom. The second-order valence-corrected chi connectivity index (χ2v) is 13.7. The van der Waals surface area contributed by atoms with Gasteiger partial charge in [-0.1, -0.05) is 31.9 Å². The fraction of sp³-hybridized carbons (Fsp3) is 0.658. The van der Waals surface area contributed by atoms with Gasteiger partial charge in [0.15, 0.2) is 0 Å². The lowest BCUT2D eigenvalue weighted by molar-refractivity contribution is -0.152. The molecule has 11 nitrogen and oxygen atoms in total. The first-order chi connectivity index (χ1) is 23.8. The highest BCUT2D eigenvalue weighted by molar-refractivity contribution is 6.03. The van der Waals surface area contributed by atoms with E-state index in [1.807, 2.05) is 43.0 Å². The molecule has 49 heavy (non-hydrogen) atoms. The fourth-order valence-electron chi connectivity index (χ4n) is 8.58. The van der Waals surface area contributed by atoms with Crippen molar-refractivity contribution in [3.05, 3.63) is 49.6 Å². The van der Waals surface area contributed by atoms with Crippen LogP contribution in [0.4, 0.5) is 5.69 Å². The third-order valence-electron chi connectivity index (χ3n) is 11.0. The number of ether oxygens (including phenoxy) is 3. The summed E-state index contributed by atoms with van der Waals surface area (Å²) in [7, 11) is 0. The highest BCUT2D eigenvalue weighted by Gasteiger charge is 2.79. The summed E-state index contributed by atoms with van der Waals surface area (Å²) in [5, 5.41) is 9.30. The van der Waals surface area contributed by atoms with Crippen molar-refractivity contribution in [3.63, 3.8) is 0 Å². The average Bonchev–Trinajstić information content (AvgIpc) is 3.72. The molecule has 5 rings (SSSR count). The molecule has 0 radical (unpaired) electrons. The van der Waals surface area contributed by atoms with E-state index in [0.29, 0.717) is 89.5 Å². The zero-order chi connectivity index (χ0) is 35.0. The number of carbonyl (C=O) groups is 3. The van der Waals surface area contributed by atoms with Crippen molar-refractivity contribution in [2.24, 2.45) is 11.8 Å². The van der Waals surface area contributed by atoms with Crippen LogP contribution in [-0.4, -0.2) is 127 Å². The molecule has 4 saturated heterocycles. The van der Waals surface area contributed by atoms with Gasteiger partial charge in [-0.25, -0.2) is 0 Å². The van der Waals surface area contributed by atoms with E-state index in [-0.39, 0.29) is 30.9 Å². The number of nitrogens with zero attached hydrogens (tertiary/aromatic N) is 4. The molecule has 1 aromatic carbocycles.